The molecule has 0 saturated heterocycles. The van der Waals surface area contributed by atoms with Crippen LogP contribution in [0.2, 0.25) is 5.02 Å². The molecule has 0 spiro atoms. The van der Waals surface area contributed by atoms with Crippen molar-refractivity contribution in [3.8, 4) is 45.4 Å². The average molecular weight is 461 g/mol. The van der Waals surface area contributed by atoms with Crippen molar-refractivity contribution in [3.63, 3.8) is 0 Å². The molecule has 0 N–H and O–H groups in total. The molecule has 164 valence electrons. The van der Waals surface area contributed by atoms with E-state index in [0.717, 1.165) is 11.1 Å². The fourth-order valence-corrected chi connectivity index (χ4v) is 4.87. The molecular weight excluding hydrogens is 440 g/mol. The molecule has 1 aliphatic carbocycles. The van der Waals surface area contributed by atoms with Gasteiger partial charge in [0.05, 0.1) is 0 Å². The quantitative estimate of drug-likeness (QED) is 0.285. The highest BCUT2D eigenvalue weighted by Crippen LogP contribution is 2.49. The lowest BCUT2D eigenvalue weighted by atomic mass is 9.82. The molecule has 2 heterocycles. The first kappa shape index (κ1) is 20.7. The van der Waals surface area contributed by atoms with Crippen LogP contribution in [0, 0.1) is 0 Å². The Hall–Kier alpha value is -3.89. The van der Waals surface area contributed by atoms with Gasteiger partial charge >= 0.3 is 0 Å². The van der Waals surface area contributed by atoms with Crippen LogP contribution in [0.1, 0.15) is 25.0 Å². The third kappa shape index (κ3) is 3.39. The van der Waals surface area contributed by atoms with Gasteiger partial charge in [0.2, 0.25) is 0 Å². The molecule has 4 nitrogen and oxygen atoms in total. The van der Waals surface area contributed by atoms with Gasteiger partial charge in [0.15, 0.2) is 17.5 Å². The second-order valence-corrected chi connectivity index (χ2v) is 9.40. The van der Waals surface area contributed by atoms with E-state index in [1.165, 1.54) is 22.3 Å². The number of hydrogen-bond acceptors (Lipinski definition) is 4. The Kier molecular flexibility index (Phi) is 4.78. The van der Waals surface area contributed by atoms with Crippen molar-refractivity contribution in [3.05, 3.63) is 107 Å². The third-order valence-corrected chi connectivity index (χ3v) is 6.70. The van der Waals surface area contributed by atoms with Crippen molar-refractivity contribution in [1.82, 2.24) is 19.9 Å². The number of pyridine rings is 1. The fraction of sp³-hybridized carbons (Fsp3) is 0.103. The first-order valence-corrected chi connectivity index (χ1v) is 11.6. The molecule has 0 aliphatic heterocycles. The van der Waals surface area contributed by atoms with Crippen LogP contribution in [0.15, 0.2) is 91.1 Å². The lowest BCUT2D eigenvalue weighted by molar-refractivity contribution is 0.660. The smallest absolute Gasteiger partial charge is 0.182 e. The van der Waals surface area contributed by atoms with E-state index in [-0.39, 0.29) is 5.41 Å². The molecule has 0 fully saturated rings. The predicted octanol–water partition coefficient (Wildman–Crippen LogP) is 7.23. The molecule has 6 rings (SSSR count). The van der Waals surface area contributed by atoms with E-state index in [1.807, 2.05) is 30.3 Å². The summed E-state index contributed by atoms with van der Waals surface area (Å²) >= 11 is 6.24. The van der Waals surface area contributed by atoms with Gasteiger partial charge in [0.1, 0.15) is 5.69 Å². The number of nitrogens with zero attached hydrogens (tertiary/aromatic N) is 4. The number of rotatable bonds is 3. The van der Waals surface area contributed by atoms with Crippen molar-refractivity contribution < 1.29 is 0 Å². The highest BCUT2D eigenvalue weighted by atomic mass is 35.5. The number of halogens is 1. The van der Waals surface area contributed by atoms with Crippen LogP contribution in [0.5, 0.6) is 0 Å². The minimum Gasteiger partial charge on any atom is -0.253 e. The summed E-state index contributed by atoms with van der Waals surface area (Å²) in [6, 6.07) is 28.6. The van der Waals surface area contributed by atoms with E-state index in [4.69, 9.17) is 26.6 Å². The standard InChI is InChI=1S/C29H21ClN4/c1-29(2)23-11-7-6-10-21(23)22-13-12-19(16-24(22)29)27-32-26(18-8-4-3-5-9-18)33-28(34-27)25-17-20(30)14-15-31-25/h3-17H,1-2H3. The SMILES string of the molecule is CC1(C)c2ccccc2-c2ccc(-c3nc(-c4ccccc4)nc(-c4cc(Cl)ccn4)n3)cc21. The van der Waals surface area contributed by atoms with E-state index >= 15 is 0 Å². The predicted molar refractivity (Wildman–Crippen MR) is 137 cm³/mol. The summed E-state index contributed by atoms with van der Waals surface area (Å²) in [6.07, 6.45) is 1.67. The maximum atomic E-state index is 6.24. The molecule has 0 unspecified atom stereocenters. The molecule has 34 heavy (non-hydrogen) atoms. The molecule has 3 aromatic carbocycles. The van der Waals surface area contributed by atoms with Gasteiger partial charge in [-0.3, -0.25) is 4.98 Å². The molecule has 0 bridgehead atoms. The summed E-state index contributed by atoms with van der Waals surface area (Å²) < 4.78 is 0. The Morgan fingerprint density at radius 3 is 2.09 bits per heavy atom. The summed E-state index contributed by atoms with van der Waals surface area (Å²) in [7, 11) is 0. The number of fused-ring (bicyclic) bond motifs is 3. The molecule has 1 aliphatic rings. The van der Waals surface area contributed by atoms with Crippen molar-refractivity contribution in [2.75, 3.05) is 0 Å². The summed E-state index contributed by atoms with van der Waals surface area (Å²) in [5.74, 6) is 1.71. The average Bonchev–Trinajstić information content (AvgIpc) is 3.11. The van der Waals surface area contributed by atoms with E-state index < -0.39 is 0 Å². The first-order chi connectivity index (χ1) is 16.5. The van der Waals surface area contributed by atoms with Gasteiger partial charge in [-0.1, -0.05) is 92.2 Å². The Bertz CT molecular complexity index is 1540. The zero-order valence-electron chi connectivity index (χ0n) is 18.8. The Balaban J connectivity index is 1.54. The maximum absolute atomic E-state index is 6.24. The summed E-state index contributed by atoms with van der Waals surface area (Å²) in [5, 5.41) is 0.588. The fourth-order valence-electron chi connectivity index (χ4n) is 4.71. The van der Waals surface area contributed by atoms with Crippen LogP contribution in [0.25, 0.3) is 45.4 Å². The Morgan fingerprint density at radius 1 is 0.618 bits per heavy atom. The summed E-state index contributed by atoms with van der Waals surface area (Å²) in [6.45, 7) is 4.54. The first-order valence-electron chi connectivity index (χ1n) is 11.2. The molecule has 0 atom stereocenters. The summed E-state index contributed by atoms with van der Waals surface area (Å²) in [5.41, 5.74) is 7.54. The molecule has 0 amide bonds. The van der Waals surface area contributed by atoms with Gasteiger partial charge in [-0.2, -0.15) is 0 Å². The second-order valence-electron chi connectivity index (χ2n) is 8.96. The van der Waals surface area contributed by atoms with E-state index in [9.17, 15) is 0 Å². The zero-order valence-corrected chi connectivity index (χ0v) is 19.6. The van der Waals surface area contributed by atoms with Crippen LogP contribution in [0.4, 0.5) is 0 Å². The van der Waals surface area contributed by atoms with Crippen LogP contribution in [-0.4, -0.2) is 19.9 Å². The third-order valence-electron chi connectivity index (χ3n) is 6.46. The van der Waals surface area contributed by atoms with Crippen LogP contribution >= 0.6 is 11.6 Å². The number of benzene rings is 3. The molecule has 2 aromatic heterocycles. The van der Waals surface area contributed by atoms with Crippen LogP contribution in [0.3, 0.4) is 0 Å². The molecule has 5 heteroatoms. The van der Waals surface area contributed by atoms with Crippen molar-refractivity contribution in [2.24, 2.45) is 0 Å². The van der Waals surface area contributed by atoms with Gasteiger partial charge in [-0.05, 0) is 40.5 Å². The Morgan fingerprint density at radius 2 is 1.29 bits per heavy atom. The molecular formula is C29H21ClN4. The number of hydrogen-bond donors (Lipinski definition) is 0. The van der Waals surface area contributed by atoms with E-state index in [1.54, 1.807) is 18.3 Å². The topological polar surface area (TPSA) is 51.6 Å². The second kappa shape index (κ2) is 7.86. The van der Waals surface area contributed by atoms with Crippen LogP contribution < -0.4 is 0 Å². The lowest BCUT2D eigenvalue weighted by Gasteiger charge is -2.21. The van der Waals surface area contributed by atoms with Gasteiger partial charge in [-0.25, -0.2) is 15.0 Å². The van der Waals surface area contributed by atoms with Gasteiger partial charge in [-0.15, -0.1) is 0 Å². The van der Waals surface area contributed by atoms with Crippen LogP contribution in [-0.2, 0) is 5.41 Å². The maximum Gasteiger partial charge on any atom is 0.182 e. The van der Waals surface area contributed by atoms with E-state index in [2.05, 4.69) is 61.3 Å². The zero-order chi connectivity index (χ0) is 23.3. The van der Waals surface area contributed by atoms with Crippen molar-refractivity contribution >= 4 is 11.6 Å². The van der Waals surface area contributed by atoms with Gasteiger partial charge < -0.3 is 0 Å². The van der Waals surface area contributed by atoms with Crippen molar-refractivity contribution in [1.29, 1.82) is 0 Å². The van der Waals surface area contributed by atoms with Gasteiger partial charge in [0.25, 0.3) is 0 Å². The highest BCUT2D eigenvalue weighted by molar-refractivity contribution is 6.30. The lowest BCUT2D eigenvalue weighted by Crippen LogP contribution is -2.15. The van der Waals surface area contributed by atoms with Crippen molar-refractivity contribution in [2.45, 2.75) is 19.3 Å². The normalized spacial score (nSPS) is 13.4. The molecule has 0 radical (unpaired) electrons. The van der Waals surface area contributed by atoms with Gasteiger partial charge in [0, 0.05) is 27.8 Å². The monoisotopic (exact) mass is 460 g/mol. The molecule has 5 aromatic rings. The minimum absolute atomic E-state index is 0.103. The van der Waals surface area contributed by atoms with E-state index in [0.29, 0.717) is 28.2 Å². The minimum atomic E-state index is -0.103. The molecule has 0 saturated carbocycles. The largest absolute Gasteiger partial charge is 0.253 e. The number of aromatic nitrogens is 4. The summed E-state index contributed by atoms with van der Waals surface area (Å²) in [4.78, 5) is 18.9. The highest BCUT2D eigenvalue weighted by Gasteiger charge is 2.35. The Labute approximate surface area is 203 Å².